The predicted octanol–water partition coefficient (Wildman–Crippen LogP) is 3.23. The first-order valence-corrected chi connectivity index (χ1v) is 7.83. The first-order chi connectivity index (χ1) is 10.2. The molecule has 0 unspecified atom stereocenters. The van der Waals surface area contributed by atoms with Crippen LogP contribution in [0.4, 0.5) is 4.39 Å². The quantitative estimate of drug-likeness (QED) is 0.854. The summed E-state index contributed by atoms with van der Waals surface area (Å²) in [6.45, 7) is 4.54. The van der Waals surface area contributed by atoms with Crippen molar-refractivity contribution in [1.82, 2.24) is 4.90 Å². The lowest BCUT2D eigenvalue weighted by Gasteiger charge is -2.45. The molecule has 3 rings (SSSR count). The lowest BCUT2D eigenvalue weighted by atomic mass is 9.74. The van der Waals surface area contributed by atoms with E-state index in [2.05, 4.69) is 4.90 Å². The number of likely N-dealkylation sites (tertiary alicyclic amines) is 1. The summed E-state index contributed by atoms with van der Waals surface area (Å²) in [5, 5.41) is 0. The molecule has 1 spiro atoms. The highest BCUT2D eigenvalue weighted by atomic mass is 19.1. The molecule has 3 nitrogen and oxygen atoms in total. The molecular weight excluding hydrogens is 269 g/mol. The Morgan fingerprint density at radius 1 is 1.29 bits per heavy atom. The summed E-state index contributed by atoms with van der Waals surface area (Å²) in [5.74, 6) is 0.589. The molecule has 0 saturated carbocycles. The number of ether oxygens (including phenoxy) is 2. The number of hydrogen-bond donors (Lipinski definition) is 0. The normalized spacial score (nSPS) is 22.4. The van der Waals surface area contributed by atoms with Crippen molar-refractivity contribution < 1.29 is 13.9 Å². The smallest absolute Gasteiger partial charge is 0.127 e. The van der Waals surface area contributed by atoms with Crippen molar-refractivity contribution in [3.63, 3.8) is 0 Å². The van der Waals surface area contributed by atoms with Crippen LogP contribution in [0, 0.1) is 11.2 Å². The molecule has 0 radical (unpaired) electrons. The monoisotopic (exact) mass is 293 g/mol. The summed E-state index contributed by atoms with van der Waals surface area (Å²) in [6.07, 6.45) is 4.77. The fraction of sp³-hybridized carbons (Fsp3) is 0.647. The summed E-state index contributed by atoms with van der Waals surface area (Å²) in [6, 6.07) is 5.00. The molecule has 0 amide bonds. The van der Waals surface area contributed by atoms with Gasteiger partial charge in [-0.05, 0) is 55.8 Å². The lowest BCUT2D eigenvalue weighted by molar-refractivity contribution is -0.0293. The third kappa shape index (κ3) is 3.38. The zero-order valence-corrected chi connectivity index (χ0v) is 12.7. The third-order valence-corrected chi connectivity index (χ3v) is 4.94. The van der Waals surface area contributed by atoms with E-state index in [1.54, 1.807) is 13.2 Å². The molecule has 0 aromatic heterocycles. The Bertz CT molecular complexity index is 480. The topological polar surface area (TPSA) is 21.7 Å². The number of rotatable bonds is 3. The maximum atomic E-state index is 14.0. The lowest BCUT2D eigenvalue weighted by Crippen LogP contribution is -2.45. The van der Waals surface area contributed by atoms with Gasteiger partial charge in [-0.2, -0.15) is 0 Å². The number of benzene rings is 1. The van der Waals surface area contributed by atoms with E-state index in [4.69, 9.17) is 9.47 Å². The highest BCUT2D eigenvalue weighted by Crippen LogP contribution is 2.39. The maximum absolute atomic E-state index is 14.0. The van der Waals surface area contributed by atoms with Gasteiger partial charge in [0, 0.05) is 31.9 Å². The van der Waals surface area contributed by atoms with Crippen molar-refractivity contribution in [1.29, 1.82) is 0 Å². The van der Waals surface area contributed by atoms with E-state index in [0.29, 0.717) is 12.0 Å². The van der Waals surface area contributed by atoms with Gasteiger partial charge in [-0.15, -0.1) is 0 Å². The van der Waals surface area contributed by atoms with Crippen LogP contribution >= 0.6 is 0 Å². The summed E-state index contributed by atoms with van der Waals surface area (Å²) < 4.78 is 24.7. The average molecular weight is 293 g/mol. The van der Waals surface area contributed by atoms with Gasteiger partial charge in [0.05, 0.1) is 7.11 Å². The van der Waals surface area contributed by atoms with Crippen molar-refractivity contribution in [2.24, 2.45) is 5.41 Å². The van der Waals surface area contributed by atoms with Crippen LogP contribution in [0.5, 0.6) is 5.75 Å². The Morgan fingerprint density at radius 2 is 2.10 bits per heavy atom. The van der Waals surface area contributed by atoms with Gasteiger partial charge in [0.2, 0.25) is 0 Å². The largest absolute Gasteiger partial charge is 0.497 e. The van der Waals surface area contributed by atoms with Gasteiger partial charge in [-0.1, -0.05) is 0 Å². The summed E-state index contributed by atoms with van der Waals surface area (Å²) in [5.41, 5.74) is 1.13. The Balaban J connectivity index is 1.69. The summed E-state index contributed by atoms with van der Waals surface area (Å²) in [7, 11) is 1.62. The molecule has 1 aromatic carbocycles. The molecule has 2 aliphatic heterocycles. The predicted molar refractivity (Wildman–Crippen MR) is 79.9 cm³/mol. The second-order valence-electron chi connectivity index (χ2n) is 6.38. The minimum absolute atomic E-state index is 0.137. The van der Waals surface area contributed by atoms with Crippen molar-refractivity contribution >= 4 is 0 Å². The molecule has 2 saturated heterocycles. The van der Waals surface area contributed by atoms with E-state index in [0.717, 1.165) is 50.5 Å². The van der Waals surface area contributed by atoms with Crippen LogP contribution in [-0.4, -0.2) is 38.3 Å². The molecule has 2 heterocycles. The first kappa shape index (κ1) is 14.8. The van der Waals surface area contributed by atoms with E-state index >= 15 is 0 Å². The molecule has 4 heteroatoms. The molecule has 0 bridgehead atoms. The Labute approximate surface area is 126 Å². The minimum Gasteiger partial charge on any atom is -0.497 e. The van der Waals surface area contributed by atoms with Crippen LogP contribution in [0.1, 0.15) is 31.2 Å². The standard InChI is InChI=1S/C17H24FNO2/c1-20-15-3-4-16(18)14(11-15)12-19-8-2-5-17(13-19)6-9-21-10-7-17/h3-4,11H,2,5-10,12-13H2,1H3. The second kappa shape index (κ2) is 6.32. The fourth-order valence-corrected chi connectivity index (χ4v) is 3.70. The zero-order valence-electron chi connectivity index (χ0n) is 12.7. The fourth-order valence-electron chi connectivity index (χ4n) is 3.70. The van der Waals surface area contributed by atoms with Crippen LogP contribution in [0.3, 0.4) is 0 Å². The Kier molecular flexibility index (Phi) is 4.45. The Morgan fingerprint density at radius 3 is 2.86 bits per heavy atom. The van der Waals surface area contributed by atoms with Gasteiger partial charge < -0.3 is 9.47 Å². The van der Waals surface area contributed by atoms with Crippen molar-refractivity contribution in [3.05, 3.63) is 29.6 Å². The molecule has 2 fully saturated rings. The molecule has 21 heavy (non-hydrogen) atoms. The SMILES string of the molecule is COc1ccc(F)c(CN2CCCC3(CCOCC3)C2)c1. The van der Waals surface area contributed by atoms with Crippen LogP contribution in [0.2, 0.25) is 0 Å². The van der Waals surface area contributed by atoms with E-state index in [-0.39, 0.29) is 5.82 Å². The van der Waals surface area contributed by atoms with Crippen LogP contribution in [0.25, 0.3) is 0 Å². The molecule has 0 atom stereocenters. The van der Waals surface area contributed by atoms with Crippen LogP contribution in [-0.2, 0) is 11.3 Å². The van der Waals surface area contributed by atoms with Gasteiger partial charge in [0.1, 0.15) is 11.6 Å². The van der Waals surface area contributed by atoms with E-state index < -0.39 is 0 Å². The number of piperidine rings is 1. The van der Waals surface area contributed by atoms with Gasteiger partial charge in [-0.25, -0.2) is 4.39 Å². The number of hydrogen-bond acceptors (Lipinski definition) is 3. The summed E-state index contributed by atoms with van der Waals surface area (Å²) >= 11 is 0. The molecular formula is C17H24FNO2. The molecule has 0 aliphatic carbocycles. The van der Waals surface area contributed by atoms with Crippen LogP contribution in [0.15, 0.2) is 18.2 Å². The van der Waals surface area contributed by atoms with E-state index in [1.165, 1.54) is 18.9 Å². The zero-order chi connectivity index (χ0) is 14.7. The molecule has 0 N–H and O–H groups in total. The van der Waals surface area contributed by atoms with Gasteiger partial charge in [-0.3, -0.25) is 4.90 Å². The molecule has 2 aliphatic rings. The second-order valence-corrected chi connectivity index (χ2v) is 6.38. The van der Waals surface area contributed by atoms with Crippen LogP contribution < -0.4 is 4.74 Å². The average Bonchev–Trinajstić information content (AvgIpc) is 2.50. The summed E-state index contributed by atoms with van der Waals surface area (Å²) in [4.78, 5) is 2.40. The van der Waals surface area contributed by atoms with E-state index in [9.17, 15) is 4.39 Å². The van der Waals surface area contributed by atoms with Gasteiger partial charge >= 0.3 is 0 Å². The van der Waals surface area contributed by atoms with E-state index in [1.807, 2.05) is 6.07 Å². The first-order valence-electron chi connectivity index (χ1n) is 7.83. The van der Waals surface area contributed by atoms with Crippen molar-refractivity contribution in [3.8, 4) is 5.75 Å². The maximum Gasteiger partial charge on any atom is 0.127 e. The third-order valence-electron chi connectivity index (χ3n) is 4.94. The molecule has 1 aromatic rings. The van der Waals surface area contributed by atoms with Crippen molar-refractivity contribution in [2.75, 3.05) is 33.4 Å². The highest BCUT2D eigenvalue weighted by molar-refractivity contribution is 5.29. The van der Waals surface area contributed by atoms with Gasteiger partial charge in [0.15, 0.2) is 0 Å². The number of halogens is 1. The number of methoxy groups -OCH3 is 1. The Hall–Kier alpha value is -1.13. The van der Waals surface area contributed by atoms with Gasteiger partial charge in [0.25, 0.3) is 0 Å². The number of nitrogens with zero attached hydrogens (tertiary/aromatic N) is 1. The van der Waals surface area contributed by atoms with Crippen molar-refractivity contribution in [2.45, 2.75) is 32.2 Å². The molecule has 116 valence electrons. The minimum atomic E-state index is -0.137. The highest BCUT2D eigenvalue weighted by Gasteiger charge is 2.36.